The smallest absolute Gasteiger partial charge is 0.0502 e. The molecule has 0 aromatic carbocycles. The fraction of sp³-hybridized carbons (Fsp3) is 1.00. The minimum absolute atomic E-state index is 0.446. The van der Waals surface area contributed by atoms with Crippen molar-refractivity contribution in [3.63, 3.8) is 0 Å². The highest BCUT2D eigenvalue weighted by Gasteiger charge is 2.28. The zero-order valence-electron chi connectivity index (χ0n) is 10.5. The van der Waals surface area contributed by atoms with E-state index < -0.39 is 0 Å². The van der Waals surface area contributed by atoms with E-state index in [1.54, 1.807) is 0 Å². The van der Waals surface area contributed by atoms with Crippen molar-refractivity contribution < 1.29 is 4.74 Å². The van der Waals surface area contributed by atoms with Gasteiger partial charge in [0.05, 0.1) is 6.61 Å². The summed E-state index contributed by atoms with van der Waals surface area (Å²) in [6.07, 6.45) is 7.78. The monoisotopic (exact) mass is 226 g/mol. The molecule has 2 fully saturated rings. The predicted molar refractivity (Wildman–Crippen MR) is 66.4 cm³/mol. The molecule has 0 radical (unpaired) electrons. The first-order chi connectivity index (χ1) is 7.79. The van der Waals surface area contributed by atoms with Crippen molar-refractivity contribution in [1.82, 2.24) is 4.90 Å². The molecule has 2 N–H and O–H groups in total. The van der Waals surface area contributed by atoms with E-state index in [1.807, 2.05) is 7.11 Å². The quantitative estimate of drug-likeness (QED) is 0.794. The summed E-state index contributed by atoms with van der Waals surface area (Å²) in [6, 6.07) is 1.20. The highest BCUT2D eigenvalue weighted by molar-refractivity contribution is 4.85. The molecule has 2 rings (SSSR count). The molecule has 0 amide bonds. The molecule has 1 saturated carbocycles. The van der Waals surface area contributed by atoms with Crippen molar-refractivity contribution in [2.45, 2.75) is 50.6 Å². The number of methoxy groups -OCH3 is 1. The molecule has 0 aromatic heterocycles. The second-order valence-electron chi connectivity index (χ2n) is 5.54. The van der Waals surface area contributed by atoms with Crippen LogP contribution in [-0.4, -0.2) is 43.8 Å². The van der Waals surface area contributed by atoms with Crippen molar-refractivity contribution in [1.29, 1.82) is 0 Å². The normalized spacial score (nSPS) is 37.5. The Labute approximate surface area is 99.3 Å². The minimum atomic E-state index is 0.446. The Kier molecular flexibility index (Phi) is 4.62. The van der Waals surface area contributed by atoms with Gasteiger partial charge in [-0.3, -0.25) is 4.90 Å². The molecule has 0 spiro atoms. The van der Waals surface area contributed by atoms with Crippen LogP contribution in [0.2, 0.25) is 0 Å². The number of piperidine rings is 1. The van der Waals surface area contributed by atoms with Crippen molar-refractivity contribution >= 4 is 0 Å². The number of ether oxygens (including phenoxy) is 1. The summed E-state index contributed by atoms with van der Waals surface area (Å²) in [5.74, 6) is 0.747. The van der Waals surface area contributed by atoms with E-state index in [0.29, 0.717) is 6.04 Å². The highest BCUT2D eigenvalue weighted by atomic mass is 16.5. The summed E-state index contributed by atoms with van der Waals surface area (Å²) in [5, 5.41) is 0. The van der Waals surface area contributed by atoms with Crippen molar-refractivity contribution in [2.75, 3.05) is 26.8 Å². The SMILES string of the molecule is COCC1CCCN(C2CCCC(N)C2)C1. The van der Waals surface area contributed by atoms with E-state index in [1.165, 1.54) is 51.6 Å². The van der Waals surface area contributed by atoms with Gasteiger partial charge in [0.25, 0.3) is 0 Å². The molecule has 3 nitrogen and oxygen atoms in total. The van der Waals surface area contributed by atoms with Gasteiger partial charge in [0.1, 0.15) is 0 Å². The standard InChI is InChI=1S/C13H26N2O/c1-16-10-11-4-3-7-15(9-11)13-6-2-5-12(14)8-13/h11-13H,2-10,14H2,1H3. The molecule has 0 bridgehead atoms. The summed E-state index contributed by atoms with van der Waals surface area (Å²) < 4.78 is 5.29. The fourth-order valence-corrected chi connectivity index (χ4v) is 3.33. The third-order valence-corrected chi connectivity index (χ3v) is 4.16. The average molecular weight is 226 g/mol. The van der Waals surface area contributed by atoms with E-state index in [-0.39, 0.29) is 0 Å². The van der Waals surface area contributed by atoms with Gasteiger partial charge in [0.2, 0.25) is 0 Å². The van der Waals surface area contributed by atoms with Gasteiger partial charge in [-0.25, -0.2) is 0 Å². The molecule has 1 heterocycles. The van der Waals surface area contributed by atoms with Gasteiger partial charge in [-0.2, -0.15) is 0 Å². The maximum atomic E-state index is 6.07. The van der Waals surface area contributed by atoms with Crippen LogP contribution in [0.25, 0.3) is 0 Å². The lowest BCUT2D eigenvalue weighted by Gasteiger charge is -2.41. The molecule has 94 valence electrons. The first-order valence-electron chi connectivity index (χ1n) is 6.78. The Bertz CT molecular complexity index is 208. The summed E-state index contributed by atoms with van der Waals surface area (Å²) in [5.41, 5.74) is 6.07. The predicted octanol–water partition coefficient (Wildman–Crippen LogP) is 1.61. The zero-order chi connectivity index (χ0) is 11.4. The van der Waals surface area contributed by atoms with Crippen molar-refractivity contribution in [3.8, 4) is 0 Å². The van der Waals surface area contributed by atoms with Crippen LogP contribution in [0, 0.1) is 5.92 Å². The molecule has 1 aliphatic carbocycles. The Morgan fingerprint density at radius 3 is 2.88 bits per heavy atom. The topological polar surface area (TPSA) is 38.5 Å². The molecular weight excluding hydrogens is 200 g/mol. The summed E-state index contributed by atoms with van der Waals surface area (Å²) in [7, 11) is 1.81. The van der Waals surface area contributed by atoms with Gasteiger partial charge < -0.3 is 10.5 Å². The molecule has 3 unspecified atom stereocenters. The van der Waals surface area contributed by atoms with E-state index in [4.69, 9.17) is 10.5 Å². The Morgan fingerprint density at radius 1 is 1.25 bits per heavy atom. The third kappa shape index (κ3) is 3.19. The second-order valence-corrected chi connectivity index (χ2v) is 5.54. The molecule has 1 saturated heterocycles. The van der Waals surface area contributed by atoms with Crippen LogP contribution in [0.4, 0.5) is 0 Å². The van der Waals surface area contributed by atoms with E-state index >= 15 is 0 Å². The van der Waals surface area contributed by atoms with Gasteiger partial charge in [-0.05, 0) is 44.6 Å². The van der Waals surface area contributed by atoms with Crippen LogP contribution in [0.3, 0.4) is 0 Å². The van der Waals surface area contributed by atoms with Crippen LogP contribution >= 0.6 is 0 Å². The summed E-state index contributed by atoms with van der Waals surface area (Å²) in [6.45, 7) is 3.43. The van der Waals surface area contributed by atoms with Crippen LogP contribution in [0.15, 0.2) is 0 Å². The third-order valence-electron chi connectivity index (χ3n) is 4.16. The number of hydrogen-bond acceptors (Lipinski definition) is 3. The van der Waals surface area contributed by atoms with Crippen LogP contribution in [0.1, 0.15) is 38.5 Å². The first-order valence-corrected chi connectivity index (χ1v) is 6.78. The molecule has 3 atom stereocenters. The minimum Gasteiger partial charge on any atom is -0.384 e. The van der Waals surface area contributed by atoms with Gasteiger partial charge in [0.15, 0.2) is 0 Å². The number of nitrogens with two attached hydrogens (primary N) is 1. The summed E-state index contributed by atoms with van der Waals surface area (Å²) in [4.78, 5) is 2.67. The molecule has 0 aromatic rings. The lowest BCUT2D eigenvalue weighted by Crippen LogP contribution is -2.47. The van der Waals surface area contributed by atoms with E-state index in [2.05, 4.69) is 4.90 Å². The molecule has 1 aliphatic heterocycles. The fourth-order valence-electron chi connectivity index (χ4n) is 3.33. The molecule has 3 heteroatoms. The maximum absolute atomic E-state index is 6.07. The summed E-state index contributed by atoms with van der Waals surface area (Å²) >= 11 is 0. The van der Waals surface area contributed by atoms with Gasteiger partial charge in [-0.1, -0.05) is 6.42 Å². The van der Waals surface area contributed by atoms with Crippen LogP contribution in [0.5, 0.6) is 0 Å². The van der Waals surface area contributed by atoms with Gasteiger partial charge in [0, 0.05) is 25.7 Å². The number of hydrogen-bond donors (Lipinski definition) is 1. The largest absolute Gasteiger partial charge is 0.384 e. The number of rotatable bonds is 3. The lowest BCUT2D eigenvalue weighted by molar-refractivity contribution is 0.0544. The first kappa shape index (κ1) is 12.3. The van der Waals surface area contributed by atoms with Crippen LogP contribution in [-0.2, 0) is 4.74 Å². The molecular formula is C13H26N2O. The van der Waals surface area contributed by atoms with Crippen LogP contribution < -0.4 is 5.73 Å². The Morgan fingerprint density at radius 2 is 2.12 bits per heavy atom. The Balaban J connectivity index is 1.83. The second kappa shape index (κ2) is 5.99. The molecule has 2 aliphatic rings. The van der Waals surface area contributed by atoms with E-state index in [0.717, 1.165) is 18.6 Å². The number of nitrogens with zero attached hydrogens (tertiary/aromatic N) is 1. The Hall–Kier alpha value is -0.120. The van der Waals surface area contributed by atoms with Gasteiger partial charge in [-0.15, -0.1) is 0 Å². The van der Waals surface area contributed by atoms with Gasteiger partial charge >= 0.3 is 0 Å². The van der Waals surface area contributed by atoms with Crippen molar-refractivity contribution in [2.24, 2.45) is 11.7 Å². The number of likely N-dealkylation sites (tertiary alicyclic amines) is 1. The zero-order valence-corrected chi connectivity index (χ0v) is 10.5. The lowest BCUT2D eigenvalue weighted by atomic mass is 9.88. The highest BCUT2D eigenvalue weighted by Crippen LogP contribution is 2.26. The van der Waals surface area contributed by atoms with E-state index in [9.17, 15) is 0 Å². The molecule has 16 heavy (non-hydrogen) atoms. The average Bonchev–Trinajstić information content (AvgIpc) is 2.30. The maximum Gasteiger partial charge on any atom is 0.0502 e. The van der Waals surface area contributed by atoms with Crippen molar-refractivity contribution in [3.05, 3.63) is 0 Å².